The van der Waals surface area contributed by atoms with Gasteiger partial charge in [-0.25, -0.2) is 0 Å². The number of nitrogens with zero attached hydrogens (tertiary/aromatic N) is 1. The zero-order chi connectivity index (χ0) is 30.1. The van der Waals surface area contributed by atoms with E-state index < -0.39 is 0 Å². The molecule has 6 aromatic rings. The molecule has 0 saturated heterocycles. The van der Waals surface area contributed by atoms with E-state index in [0.29, 0.717) is 5.92 Å². The van der Waals surface area contributed by atoms with Crippen LogP contribution in [0.25, 0.3) is 60.1 Å². The Hall–Kier alpha value is -5.14. The molecule has 210 valence electrons. The number of fused-ring (bicyclic) bond motifs is 6. The smallest absolute Gasteiger partial charge is 0.0487 e. The first-order valence-corrected chi connectivity index (χ1v) is 14.9. The highest BCUT2D eigenvalue weighted by Gasteiger charge is 2.14. The summed E-state index contributed by atoms with van der Waals surface area (Å²) in [6, 6.07) is 39.7. The predicted molar refractivity (Wildman–Crippen MR) is 191 cm³/mol. The molecule has 0 N–H and O–H groups in total. The van der Waals surface area contributed by atoms with E-state index in [9.17, 15) is 0 Å². The minimum Gasteiger partial charge on any atom is -0.345 e. The van der Waals surface area contributed by atoms with Gasteiger partial charge in [-0.3, -0.25) is 0 Å². The fourth-order valence-electron chi connectivity index (χ4n) is 5.91. The average molecular weight is 556 g/mol. The van der Waals surface area contributed by atoms with Crippen LogP contribution < -0.4 is 4.90 Å². The highest BCUT2D eigenvalue weighted by molar-refractivity contribution is 6.25. The van der Waals surface area contributed by atoms with Crippen molar-refractivity contribution in [1.82, 2.24) is 0 Å². The normalized spacial score (nSPS) is 11.5. The maximum absolute atomic E-state index is 4.30. The molecule has 0 amide bonds. The maximum Gasteiger partial charge on any atom is 0.0487 e. The molecule has 1 nitrogen and oxygen atoms in total. The number of anilines is 1. The van der Waals surface area contributed by atoms with E-state index in [1.165, 1.54) is 43.4 Å². The Balaban J connectivity index is 1.43. The molecule has 6 rings (SSSR count). The first kappa shape index (κ1) is 28.0. The number of likely N-dealkylation sites (N-methyl/N-ethyl adjacent to an activating group) is 1. The van der Waals surface area contributed by atoms with E-state index in [0.717, 1.165) is 33.6 Å². The van der Waals surface area contributed by atoms with Crippen LogP contribution in [0.2, 0.25) is 0 Å². The lowest BCUT2D eigenvalue weighted by molar-refractivity contribution is 0.830. The van der Waals surface area contributed by atoms with Crippen molar-refractivity contribution in [2.24, 2.45) is 5.92 Å². The molecule has 0 aromatic heterocycles. The lowest BCUT2D eigenvalue weighted by Crippen LogP contribution is -2.16. The van der Waals surface area contributed by atoms with Crippen molar-refractivity contribution in [3.8, 4) is 22.3 Å². The van der Waals surface area contributed by atoms with E-state index in [4.69, 9.17) is 0 Å². The van der Waals surface area contributed by atoms with E-state index in [1.54, 1.807) is 0 Å². The second-order valence-electron chi connectivity index (χ2n) is 11.5. The van der Waals surface area contributed by atoms with Gasteiger partial charge in [0, 0.05) is 24.0 Å². The Morgan fingerprint density at radius 3 is 1.70 bits per heavy atom. The molecule has 0 saturated carbocycles. The zero-order valence-corrected chi connectivity index (χ0v) is 25.3. The lowest BCUT2D eigenvalue weighted by Gasteiger charge is -2.24. The predicted octanol–water partition coefficient (Wildman–Crippen LogP) is 11.8. The van der Waals surface area contributed by atoms with Crippen molar-refractivity contribution in [3.63, 3.8) is 0 Å². The average Bonchev–Trinajstić information content (AvgIpc) is 3.06. The fourth-order valence-corrected chi connectivity index (χ4v) is 5.91. The summed E-state index contributed by atoms with van der Waals surface area (Å²) in [5.74, 6) is 0.461. The van der Waals surface area contributed by atoms with Gasteiger partial charge in [0.2, 0.25) is 0 Å². The fraction of sp³-hybridized carbons (Fsp3) is 0.0952. The Kier molecular flexibility index (Phi) is 7.57. The number of rotatable bonds is 8. The summed E-state index contributed by atoms with van der Waals surface area (Å²) in [7, 11) is 2.05. The number of benzene rings is 6. The Morgan fingerprint density at radius 2 is 1.12 bits per heavy atom. The largest absolute Gasteiger partial charge is 0.345 e. The molecule has 0 aliphatic heterocycles. The molecule has 0 bridgehead atoms. The van der Waals surface area contributed by atoms with Gasteiger partial charge in [-0.2, -0.15) is 0 Å². The van der Waals surface area contributed by atoms with Gasteiger partial charge in [0.15, 0.2) is 0 Å². The van der Waals surface area contributed by atoms with Gasteiger partial charge in [0.1, 0.15) is 0 Å². The maximum atomic E-state index is 4.30. The van der Waals surface area contributed by atoms with Gasteiger partial charge < -0.3 is 4.90 Å². The quantitative estimate of drug-likeness (QED) is 0.133. The molecular formula is C42H37N. The molecule has 0 aliphatic rings. The topological polar surface area (TPSA) is 3.24 Å². The van der Waals surface area contributed by atoms with Crippen molar-refractivity contribution in [1.29, 1.82) is 0 Å². The Bertz CT molecular complexity index is 2040. The van der Waals surface area contributed by atoms with Crippen molar-refractivity contribution in [2.45, 2.75) is 13.8 Å². The zero-order valence-electron chi connectivity index (χ0n) is 25.3. The summed E-state index contributed by atoms with van der Waals surface area (Å²) in [6.07, 6.45) is 6.07. The third-order valence-electron chi connectivity index (χ3n) is 8.33. The van der Waals surface area contributed by atoms with Crippen LogP contribution in [-0.4, -0.2) is 7.05 Å². The van der Waals surface area contributed by atoms with Crippen LogP contribution in [0.3, 0.4) is 0 Å². The highest BCUT2D eigenvalue weighted by atomic mass is 15.1. The third-order valence-corrected chi connectivity index (χ3v) is 8.33. The van der Waals surface area contributed by atoms with Gasteiger partial charge in [-0.15, -0.1) is 0 Å². The summed E-state index contributed by atoms with van der Waals surface area (Å²) in [5, 5.41) is 7.72. The van der Waals surface area contributed by atoms with Crippen LogP contribution in [0.4, 0.5) is 5.69 Å². The van der Waals surface area contributed by atoms with Crippen LogP contribution in [0.1, 0.15) is 19.4 Å². The molecule has 0 radical (unpaired) electrons. The summed E-state index contributed by atoms with van der Waals surface area (Å²) in [6.45, 7) is 16.9. The van der Waals surface area contributed by atoms with Crippen LogP contribution in [0.15, 0.2) is 153 Å². The first-order valence-electron chi connectivity index (χ1n) is 14.9. The first-order chi connectivity index (χ1) is 20.9. The van der Waals surface area contributed by atoms with Gasteiger partial charge in [0.05, 0.1) is 0 Å². The van der Waals surface area contributed by atoms with Crippen LogP contribution >= 0.6 is 0 Å². The van der Waals surface area contributed by atoms with Gasteiger partial charge >= 0.3 is 0 Å². The monoisotopic (exact) mass is 555 g/mol. The van der Waals surface area contributed by atoms with E-state index in [2.05, 4.69) is 167 Å². The summed E-state index contributed by atoms with van der Waals surface area (Å²) in [5.41, 5.74) is 8.60. The molecule has 0 spiro atoms. The molecule has 6 aromatic carbocycles. The molecule has 0 unspecified atom stereocenters. The van der Waals surface area contributed by atoms with Crippen molar-refractivity contribution < 1.29 is 0 Å². The molecule has 1 heteroatoms. The van der Waals surface area contributed by atoms with Gasteiger partial charge in [-0.1, -0.05) is 131 Å². The third kappa shape index (κ3) is 5.31. The summed E-state index contributed by atoms with van der Waals surface area (Å²) < 4.78 is 0. The van der Waals surface area contributed by atoms with Crippen molar-refractivity contribution in [2.75, 3.05) is 11.9 Å². The van der Waals surface area contributed by atoms with E-state index >= 15 is 0 Å². The van der Waals surface area contributed by atoms with E-state index in [1.807, 2.05) is 6.08 Å². The molecule has 0 heterocycles. The Labute approximate surface area is 255 Å². The van der Waals surface area contributed by atoms with Crippen molar-refractivity contribution in [3.05, 3.63) is 158 Å². The minimum absolute atomic E-state index is 0.461. The molecular weight excluding hydrogens is 518 g/mol. The summed E-state index contributed by atoms with van der Waals surface area (Å²) >= 11 is 0. The van der Waals surface area contributed by atoms with Crippen LogP contribution in [-0.2, 0) is 0 Å². The van der Waals surface area contributed by atoms with Gasteiger partial charge in [0.25, 0.3) is 0 Å². The molecule has 0 fully saturated rings. The van der Waals surface area contributed by atoms with Crippen LogP contribution in [0.5, 0.6) is 0 Å². The second-order valence-corrected chi connectivity index (χ2v) is 11.5. The molecule has 43 heavy (non-hydrogen) atoms. The van der Waals surface area contributed by atoms with E-state index in [-0.39, 0.29) is 0 Å². The second kappa shape index (κ2) is 11.6. The highest BCUT2D eigenvalue weighted by Crippen LogP contribution is 2.38. The number of allylic oxidation sites excluding steroid dienone is 4. The van der Waals surface area contributed by atoms with Crippen molar-refractivity contribution >= 4 is 43.6 Å². The summed E-state index contributed by atoms with van der Waals surface area (Å²) in [4.78, 5) is 2.12. The molecule has 0 aliphatic carbocycles. The number of hydrogen-bond acceptors (Lipinski definition) is 1. The van der Waals surface area contributed by atoms with Crippen LogP contribution in [0, 0.1) is 5.92 Å². The standard InChI is InChI=1S/C42H37N/c1-7-29(4)40-26-34(22-24-42(40)43(6)30(5)20-19-28(2)3)32-14-12-13-31(25-32)33-21-23-39-37-17-9-8-15-35(37)36-16-10-11-18-38(36)41(39)27-33/h7-28H,1,4-5H2,2-3,6H3/b20-19-. The lowest BCUT2D eigenvalue weighted by atomic mass is 9.91. The SMILES string of the molecule is C=CC(=C)c1cc(-c2cccc(-c3ccc4c5ccccc5c5ccccc5c4c3)c2)ccc1N(C)C(=C)/C=C\C(C)C. The number of hydrogen-bond donors (Lipinski definition) is 0. The van der Waals surface area contributed by atoms with Gasteiger partial charge in [-0.05, 0) is 96.4 Å². The molecule has 0 atom stereocenters. The minimum atomic E-state index is 0.461. The Morgan fingerprint density at radius 1 is 0.605 bits per heavy atom.